The molecule has 20 heavy (non-hydrogen) atoms. The summed E-state index contributed by atoms with van der Waals surface area (Å²) in [5.41, 5.74) is 4.34. The van der Waals surface area contributed by atoms with Gasteiger partial charge in [0.25, 0.3) is 0 Å². The first-order valence-corrected chi connectivity index (χ1v) is 7.08. The van der Waals surface area contributed by atoms with E-state index in [1.165, 1.54) is 11.1 Å². The lowest BCUT2D eigenvalue weighted by atomic mass is 9.90. The number of hydrogen-bond acceptors (Lipinski definition) is 2. The van der Waals surface area contributed by atoms with E-state index in [0.29, 0.717) is 13.0 Å². The molecule has 2 nitrogen and oxygen atoms in total. The maximum absolute atomic E-state index is 11.9. The summed E-state index contributed by atoms with van der Waals surface area (Å²) >= 11 is 0. The summed E-state index contributed by atoms with van der Waals surface area (Å²) in [4.78, 5) is 11.9. The van der Waals surface area contributed by atoms with E-state index in [2.05, 4.69) is 19.1 Å². The van der Waals surface area contributed by atoms with Gasteiger partial charge in [-0.1, -0.05) is 36.4 Å². The fourth-order valence-corrected chi connectivity index (χ4v) is 2.71. The summed E-state index contributed by atoms with van der Waals surface area (Å²) in [6, 6.07) is 14.0. The van der Waals surface area contributed by atoms with Gasteiger partial charge >= 0.3 is 0 Å². The standard InChI is InChI=1S/C18H18O2/c1-13-6-2-3-7-14(13)12-20-18-11-5-8-15-16(18)9-4-10-17(15)19/h2-3,5-8,11H,4,9-10,12H2,1H3. The number of ketones is 1. The van der Waals surface area contributed by atoms with Gasteiger partial charge in [0.15, 0.2) is 5.78 Å². The zero-order valence-electron chi connectivity index (χ0n) is 11.7. The van der Waals surface area contributed by atoms with Gasteiger partial charge in [0.05, 0.1) is 0 Å². The van der Waals surface area contributed by atoms with Crippen LogP contribution in [0.5, 0.6) is 5.75 Å². The second kappa shape index (κ2) is 5.49. The van der Waals surface area contributed by atoms with Crippen LogP contribution in [0.15, 0.2) is 42.5 Å². The third kappa shape index (κ3) is 2.46. The van der Waals surface area contributed by atoms with Gasteiger partial charge in [-0.05, 0) is 37.0 Å². The normalized spacial score (nSPS) is 13.9. The predicted octanol–water partition coefficient (Wildman–Crippen LogP) is 4.09. The Bertz CT molecular complexity index is 644. The van der Waals surface area contributed by atoms with E-state index in [9.17, 15) is 4.79 Å². The Morgan fingerprint density at radius 1 is 1.05 bits per heavy atom. The zero-order chi connectivity index (χ0) is 13.9. The summed E-state index contributed by atoms with van der Waals surface area (Å²) in [6.45, 7) is 2.64. The molecule has 0 amide bonds. The van der Waals surface area contributed by atoms with Crippen molar-refractivity contribution < 1.29 is 9.53 Å². The SMILES string of the molecule is Cc1ccccc1COc1cccc2c1CCCC2=O. The summed E-state index contributed by atoms with van der Waals surface area (Å²) < 4.78 is 5.97. The van der Waals surface area contributed by atoms with Gasteiger partial charge in [0.1, 0.15) is 12.4 Å². The molecule has 1 aliphatic carbocycles. The third-order valence-corrected chi connectivity index (χ3v) is 3.91. The third-order valence-electron chi connectivity index (χ3n) is 3.91. The van der Waals surface area contributed by atoms with Crippen LogP contribution in [-0.4, -0.2) is 5.78 Å². The quantitative estimate of drug-likeness (QED) is 0.836. The van der Waals surface area contributed by atoms with Crippen LogP contribution in [-0.2, 0) is 13.0 Å². The molecule has 2 aromatic carbocycles. The Kier molecular flexibility index (Phi) is 3.55. The van der Waals surface area contributed by atoms with E-state index in [1.807, 2.05) is 30.3 Å². The van der Waals surface area contributed by atoms with E-state index >= 15 is 0 Å². The van der Waals surface area contributed by atoms with Crippen LogP contribution in [0.25, 0.3) is 0 Å². The molecular formula is C18H18O2. The molecule has 0 aromatic heterocycles. The average Bonchev–Trinajstić information content (AvgIpc) is 2.47. The molecular weight excluding hydrogens is 248 g/mol. The van der Waals surface area contributed by atoms with E-state index in [-0.39, 0.29) is 5.78 Å². The fourth-order valence-electron chi connectivity index (χ4n) is 2.71. The number of fused-ring (bicyclic) bond motifs is 1. The predicted molar refractivity (Wildman–Crippen MR) is 79.2 cm³/mol. The van der Waals surface area contributed by atoms with E-state index in [4.69, 9.17) is 4.74 Å². The van der Waals surface area contributed by atoms with Crippen molar-refractivity contribution >= 4 is 5.78 Å². The van der Waals surface area contributed by atoms with Crippen molar-refractivity contribution in [3.8, 4) is 5.75 Å². The van der Waals surface area contributed by atoms with Crippen LogP contribution in [0.2, 0.25) is 0 Å². The van der Waals surface area contributed by atoms with Gasteiger partial charge in [0.2, 0.25) is 0 Å². The summed E-state index contributed by atoms with van der Waals surface area (Å²) in [5.74, 6) is 1.10. The second-order valence-electron chi connectivity index (χ2n) is 5.27. The highest BCUT2D eigenvalue weighted by molar-refractivity contribution is 5.99. The fraction of sp³-hybridized carbons (Fsp3) is 0.278. The Hall–Kier alpha value is -2.09. The lowest BCUT2D eigenvalue weighted by Crippen LogP contribution is -2.12. The number of Topliss-reactive ketones (excluding diaryl/α,β-unsaturated/α-hetero) is 1. The van der Waals surface area contributed by atoms with E-state index in [0.717, 1.165) is 29.7 Å². The molecule has 0 heterocycles. The summed E-state index contributed by atoms with van der Waals surface area (Å²) in [5, 5.41) is 0. The number of carbonyl (C=O) groups is 1. The van der Waals surface area contributed by atoms with Gasteiger partial charge in [-0.15, -0.1) is 0 Å². The monoisotopic (exact) mass is 266 g/mol. The first-order chi connectivity index (χ1) is 9.75. The van der Waals surface area contributed by atoms with Crippen LogP contribution in [0.3, 0.4) is 0 Å². The zero-order valence-corrected chi connectivity index (χ0v) is 11.7. The van der Waals surface area contributed by atoms with Crippen LogP contribution in [0.4, 0.5) is 0 Å². The Labute approximate surface area is 119 Å². The number of benzene rings is 2. The van der Waals surface area contributed by atoms with Crippen molar-refractivity contribution in [1.29, 1.82) is 0 Å². The highest BCUT2D eigenvalue weighted by atomic mass is 16.5. The molecule has 0 radical (unpaired) electrons. The number of carbonyl (C=O) groups excluding carboxylic acids is 1. The van der Waals surface area contributed by atoms with Gasteiger partial charge in [-0.25, -0.2) is 0 Å². The van der Waals surface area contributed by atoms with Crippen molar-refractivity contribution in [3.63, 3.8) is 0 Å². The number of ether oxygens (including phenoxy) is 1. The Morgan fingerprint density at radius 2 is 1.90 bits per heavy atom. The number of rotatable bonds is 3. The van der Waals surface area contributed by atoms with Crippen molar-refractivity contribution in [1.82, 2.24) is 0 Å². The van der Waals surface area contributed by atoms with E-state index < -0.39 is 0 Å². The lowest BCUT2D eigenvalue weighted by Gasteiger charge is -2.19. The summed E-state index contributed by atoms with van der Waals surface area (Å²) in [7, 11) is 0. The van der Waals surface area contributed by atoms with Crippen LogP contribution in [0.1, 0.15) is 39.9 Å². The van der Waals surface area contributed by atoms with Gasteiger partial charge in [-0.3, -0.25) is 4.79 Å². The summed E-state index contributed by atoms with van der Waals surface area (Å²) in [6.07, 6.45) is 2.52. The van der Waals surface area contributed by atoms with Crippen LogP contribution >= 0.6 is 0 Å². The minimum absolute atomic E-state index is 0.243. The van der Waals surface area contributed by atoms with Crippen molar-refractivity contribution in [3.05, 3.63) is 64.7 Å². The Morgan fingerprint density at radius 3 is 2.75 bits per heavy atom. The molecule has 0 spiro atoms. The molecule has 3 rings (SSSR count). The lowest BCUT2D eigenvalue weighted by molar-refractivity contribution is 0.0971. The first kappa shape index (κ1) is 12.9. The van der Waals surface area contributed by atoms with Crippen molar-refractivity contribution in [2.75, 3.05) is 0 Å². The second-order valence-corrected chi connectivity index (χ2v) is 5.27. The highest BCUT2D eigenvalue weighted by Gasteiger charge is 2.20. The maximum Gasteiger partial charge on any atom is 0.163 e. The van der Waals surface area contributed by atoms with Gasteiger partial charge < -0.3 is 4.74 Å². The average molecular weight is 266 g/mol. The van der Waals surface area contributed by atoms with Crippen LogP contribution in [0, 0.1) is 6.92 Å². The van der Waals surface area contributed by atoms with Crippen molar-refractivity contribution in [2.24, 2.45) is 0 Å². The minimum Gasteiger partial charge on any atom is -0.489 e. The van der Waals surface area contributed by atoms with Crippen molar-refractivity contribution in [2.45, 2.75) is 32.8 Å². The Balaban J connectivity index is 1.84. The molecule has 2 aromatic rings. The molecule has 0 saturated heterocycles. The van der Waals surface area contributed by atoms with Gasteiger partial charge in [0, 0.05) is 17.5 Å². The molecule has 1 aliphatic rings. The maximum atomic E-state index is 11.9. The van der Waals surface area contributed by atoms with E-state index in [1.54, 1.807) is 0 Å². The molecule has 2 heteroatoms. The molecule has 0 atom stereocenters. The number of hydrogen-bond donors (Lipinski definition) is 0. The minimum atomic E-state index is 0.243. The van der Waals surface area contributed by atoms with Crippen LogP contribution < -0.4 is 4.74 Å². The molecule has 0 N–H and O–H groups in total. The first-order valence-electron chi connectivity index (χ1n) is 7.08. The topological polar surface area (TPSA) is 26.3 Å². The highest BCUT2D eigenvalue weighted by Crippen LogP contribution is 2.30. The molecule has 0 aliphatic heterocycles. The molecule has 0 fully saturated rings. The smallest absolute Gasteiger partial charge is 0.163 e. The molecule has 0 saturated carbocycles. The largest absolute Gasteiger partial charge is 0.489 e. The molecule has 0 unspecified atom stereocenters. The number of aryl methyl sites for hydroxylation is 1. The molecule has 0 bridgehead atoms. The molecule has 102 valence electrons. The van der Waals surface area contributed by atoms with Gasteiger partial charge in [-0.2, -0.15) is 0 Å².